The standard InChI is InChI=1S/C10H17NO4/c1-10(2,3)8(12)14-6-4-11-5-7-15-9(11)13/h4-7H2,1-3H3. The molecule has 0 aliphatic carbocycles. The van der Waals surface area contributed by atoms with E-state index in [9.17, 15) is 9.59 Å². The first-order valence-corrected chi connectivity index (χ1v) is 5.00. The number of nitrogens with zero attached hydrogens (tertiary/aromatic N) is 1. The largest absolute Gasteiger partial charge is 0.463 e. The number of esters is 1. The lowest BCUT2D eigenvalue weighted by Crippen LogP contribution is -2.31. The summed E-state index contributed by atoms with van der Waals surface area (Å²) in [5, 5.41) is 0. The normalized spacial score (nSPS) is 16.5. The van der Waals surface area contributed by atoms with Crippen LogP contribution in [0, 0.1) is 5.41 Å². The monoisotopic (exact) mass is 215 g/mol. The fourth-order valence-corrected chi connectivity index (χ4v) is 1.09. The predicted molar refractivity (Wildman–Crippen MR) is 53.3 cm³/mol. The average molecular weight is 215 g/mol. The van der Waals surface area contributed by atoms with Crippen molar-refractivity contribution in [2.75, 3.05) is 26.3 Å². The van der Waals surface area contributed by atoms with Gasteiger partial charge in [0.1, 0.15) is 13.2 Å². The molecule has 1 heterocycles. The fraction of sp³-hybridized carbons (Fsp3) is 0.800. The van der Waals surface area contributed by atoms with Gasteiger partial charge in [0.05, 0.1) is 18.5 Å². The molecular weight excluding hydrogens is 198 g/mol. The van der Waals surface area contributed by atoms with Crippen molar-refractivity contribution < 1.29 is 19.1 Å². The van der Waals surface area contributed by atoms with Crippen molar-refractivity contribution in [3.05, 3.63) is 0 Å². The van der Waals surface area contributed by atoms with Crippen LogP contribution in [-0.2, 0) is 14.3 Å². The van der Waals surface area contributed by atoms with E-state index in [1.54, 1.807) is 20.8 Å². The number of rotatable bonds is 3. The summed E-state index contributed by atoms with van der Waals surface area (Å²) in [6.45, 7) is 7.00. The van der Waals surface area contributed by atoms with Crippen LogP contribution >= 0.6 is 0 Å². The molecule has 15 heavy (non-hydrogen) atoms. The molecule has 0 saturated carbocycles. The van der Waals surface area contributed by atoms with Gasteiger partial charge in [0.15, 0.2) is 0 Å². The Kier molecular flexibility index (Phi) is 3.55. The van der Waals surface area contributed by atoms with Crippen molar-refractivity contribution >= 4 is 12.1 Å². The van der Waals surface area contributed by atoms with Crippen molar-refractivity contribution in [2.24, 2.45) is 5.41 Å². The van der Waals surface area contributed by atoms with Crippen LogP contribution in [0.1, 0.15) is 20.8 Å². The van der Waals surface area contributed by atoms with Gasteiger partial charge in [-0.3, -0.25) is 4.79 Å². The summed E-state index contributed by atoms with van der Waals surface area (Å²) in [7, 11) is 0. The Morgan fingerprint density at radius 3 is 2.67 bits per heavy atom. The van der Waals surface area contributed by atoms with Gasteiger partial charge in [0, 0.05) is 0 Å². The van der Waals surface area contributed by atoms with E-state index in [1.807, 2.05) is 0 Å². The van der Waals surface area contributed by atoms with Gasteiger partial charge in [0.25, 0.3) is 0 Å². The Bertz CT molecular complexity index is 257. The van der Waals surface area contributed by atoms with Crippen molar-refractivity contribution in [1.29, 1.82) is 0 Å². The minimum Gasteiger partial charge on any atom is -0.463 e. The van der Waals surface area contributed by atoms with Gasteiger partial charge in [-0.1, -0.05) is 0 Å². The molecule has 0 N–H and O–H groups in total. The molecule has 1 aliphatic heterocycles. The SMILES string of the molecule is CC(C)(C)C(=O)OCCN1CCOC1=O. The van der Waals surface area contributed by atoms with E-state index in [0.29, 0.717) is 19.7 Å². The Labute approximate surface area is 89.3 Å². The highest BCUT2D eigenvalue weighted by Gasteiger charge is 2.25. The van der Waals surface area contributed by atoms with Crippen molar-refractivity contribution in [1.82, 2.24) is 4.90 Å². The summed E-state index contributed by atoms with van der Waals surface area (Å²) in [5.41, 5.74) is -0.495. The Morgan fingerprint density at radius 1 is 1.53 bits per heavy atom. The maximum atomic E-state index is 11.4. The zero-order valence-electron chi connectivity index (χ0n) is 9.41. The maximum Gasteiger partial charge on any atom is 0.410 e. The lowest BCUT2D eigenvalue weighted by atomic mass is 9.97. The van der Waals surface area contributed by atoms with Crippen LogP contribution in [0.2, 0.25) is 0 Å². The first-order chi connectivity index (χ1) is 6.91. The summed E-state index contributed by atoms with van der Waals surface area (Å²) < 4.78 is 9.77. The summed E-state index contributed by atoms with van der Waals surface area (Å²) in [6, 6.07) is 0. The van der Waals surface area contributed by atoms with Crippen LogP contribution in [0.4, 0.5) is 4.79 Å². The second-order valence-electron chi connectivity index (χ2n) is 4.49. The van der Waals surface area contributed by atoms with Crippen LogP contribution in [0.25, 0.3) is 0 Å². The van der Waals surface area contributed by atoms with Crippen molar-refractivity contribution in [3.63, 3.8) is 0 Å². The third-order valence-corrected chi connectivity index (χ3v) is 2.05. The molecule has 1 saturated heterocycles. The molecule has 1 rings (SSSR count). The third-order valence-electron chi connectivity index (χ3n) is 2.05. The summed E-state index contributed by atoms with van der Waals surface area (Å²) in [4.78, 5) is 23.9. The van der Waals surface area contributed by atoms with Gasteiger partial charge in [-0.2, -0.15) is 0 Å². The van der Waals surface area contributed by atoms with Crippen molar-refractivity contribution in [2.45, 2.75) is 20.8 Å². The first-order valence-electron chi connectivity index (χ1n) is 5.00. The number of hydrogen-bond donors (Lipinski definition) is 0. The molecule has 0 radical (unpaired) electrons. The van der Waals surface area contributed by atoms with Gasteiger partial charge in [0.2, 0.25) is 0 Å². The molecular formula is C10H17NO4. The van der Waals surface area contributed by atoms with Gasteiger partial charge in [-0.15, -0.1) is 0 Å². The van der Waals surface area contributed by atoms with Gasteiger partial charge >= 0.3 is 12.1 Å². The van der Waals surface area contributed by atoms with E-state index >= 15 is 0 Å². The second kappa shape index (κ2) is 4.51. The summed E-state index contributed by atoms with van der Waals surface area (Å²) in [5.74, 6) is -0.255. The lowest BCUT2D eigenvalue weighted by Gasteiger charge is -2.18. The number of carbonyl (C=O) groups is 2. The summed E-state index contributed by atoms with van der Waals surface area (Å²) in [6.07, 6.45) is -0.332. The van der Waals surface area contributed by atoms with E-state index in [-0.39, 0.29) is 18.7 Å². The Morgan fingerprint density at radius 2 is 2.20 bits per heavy atom. The molecule has 0 aromatic rings. The zero-order chi connectivity index (χ0) is 11.5. The van der Waals surface area contributed by atoms with Crippen molar-refractivity contribution in [3.8, 4) is 0 Å². The minimum atomic E-state index is -0.495. The molecule has 5 heteroatoms. The molecule has 86 valence electrons. The Balaban J connectivity index is 2.22. The third kappa shape index (κ3) is 3.42. The molecule has 0 bridgehead atoms. The topological polar surface area (TPSA) is 55.8 Å². The number of carbonyl (C=O) groups excluding carboxylic acids is 2. The number of hydrogen-bond acceptors (Lipinski definition) is 4. The fourth-order valence-electron chi connectivity index (χ4n) is 1.09. The highest BCUT2D eigenvalue weighted by molar-refractivity contribution is 5.75. The van der Waals surface area contributed by atoms with Gasteiger partial charge < -0.3 is 14.4 Å². The molecule has 0 aromatic heterocycles. The molecule has 1 aliphatic rings. The quantitative estimate of drug-likeness (QED) is 0.660. The van der Waals surface area contributed by atoms with Crippen LogP contribution in [-0.4, -0.2) is 43.3 Å². The van der Waals surface area contributed by atoms with E-state index in [1.165, 1.54) is 4.90 Å². The smallest absolute Gasteiger partial charge is 0.410 e. The first kappa shape index (κ1) is 11.8. The molecule has 5 nitrogen and oxygen atoms in total. The molecule has 0 unspecified atom stereocenters. The number of ether oxygens (including phenoxy) is 2. The molecule has 0 atom stereocenters. The van der Waals surface area contributed by atoms with Crippen LogP contribution in [0.5, 0.6) is 0 Å². The van der Waals surface area contributed by atoms with Gasteiger partial charge in [-0.25, -0.2) is 4.79 Å². The Hall–Kier alpha value is -1.26. The zero-order valence-corrected chi connectivity index (χ0v) is 9.41. The average Bonchev–Trinajstić information content (AvgIpc) is 2.50. The van der Waals surface area contributed by atoms with Crippen LogP contribution in [0.3, 0.4) is 0 Å². The van der Waals surface area contributed by atoms with E-state index in [0.717, 1.165) is 0 Å². The van der Waals surface area contributed by atoms with Crippen LogP contribution < -0.4 is 0 Å². The highest BCUT2D eigenvalue weighted by atomic mass is 16.6. The van der Waals surface area contributed by atoms with Crippen LogP contribution in [0.15, 0.2) is 0 Å². The second-order valence-corrected chi connectivity index (χ2v) is 4.49. The molecule has 1 amide bonds. The van der Waals surface area contributed by atoms with E-state index < -0.39 is 5.41 Å². The highest BCUT2D eigenvalue weighted by Crippen LogP contribution is 2.15. The summed E-state index contributed by atoms with van der Waals surface area (Å²) >= 11 is 0. The molecule has 0 aromatic carbocycles. The lowest BCUT2D eigenvalue weighted by molar-refractivity contribution is -0.153. The molecule has 1 fully saturated rings. The maximum absolute atomic E-state index is 11.4. The van der Waals surface area contributed by atoms with E-state index in [4.69, 9.17) is 9.47 Å². The number of amides is 1. The van der Waals surface area contributed by atoms with E-state index in [2.05, 4.69) is 0 Å². The predicted octanol–water partition coefficient (Wildman–Crippen LogP) is 1.03. The minimum absolute atomic E-state index is 0.227. The number of cyclic esters (lactones) is 1. The molecule has 0 spiro atoms. The van der Waals surface area contributed by atoms with Gasteiger partial charge in [-0.05, 0) is 20.8 Å².